The molecule has 0 saturated heterocycles. The van der Waals surface area contributed by atoms with Crippen molar-refractivity contribution in [3.8, 4) is 5.75 Å². The van der Waals surface area contributed by atoms with Gasteiger partial charge in [0.05, 0.1) is 13.2 Å². The molecule has 0 spiro atoms. The third-order valence-corrected chi connectivity index (χ3v) is 6.73. The Morgan fingerprint density at radius 2 is 1.14 bits per heavy atom. The summed E-state index contributed by atoms with van der Waals surface area (Å²) in [6.07, 6.45) is 0. The van der Waals surface area contributed by atoms with Gasteiger partial charge in [0, 0.05) is 6.54 Å². The van der Waals surface area contributed by atoms with Crippen LogP contribution in [-0.2, 0) is 16.9 Å². The second-order valence-corrected chi connectivity index (χ2v) is 10.4. The number of ether oxygens (including phenoxy) is 1. The number of hydrogen-bond donors (Lipinski definition) is 2. The highest BCUT2D eigenvalue weighted by molar-refractivity contribution is 5.85. The maximum atomic E-state index is 14.3. The first-order valence-corrected chi connectivity index (χ1v) is 12.7. The van der Waals surface area contributed by atoms with Gasteiger partial charge in [0.25, 0.3) is 0 Å². The molecule has 0 radical (unpaired) electrons. The largest absolute Gasteiger partial charge is 0.497 e. The van der Waals surface area contributed by atoms with Crippen LogP contribution >= 0.6 is 0 Å². The van der Waals surface area contributed by atoms with Crippen LogP contribution in [0.15, 0.2) is 115 Å². The number of benzene rings is 4. The van der Waals surface area contributed by atoms with Gasteiger partial charge in [-0.1, -0.05) is 124 Å². The summed E-state index contributed by atoms with van der Waals surface area (Å²) in [6, 6.07) is 38.1. The van der Waals surface area contributed by atoms with Gasteiger partial charge >= 0.3 is 0 Å². The molecule has 0 saturated carbocycles. The van der Waals surface area contributed by atoms with Crippen LogP contribution in [0.3, 0.4) is 0 Å². The number of hydrogen-bond acceptors (Lipinski definition) is 3. The molecule has 0 aromatic heterocycles. The normalized spacial score (nSPS) is 12.5. The lowest BCUT2D eigenvalue weighted by atomic mass is 9.76. The SMILES string of the molecule is COc1ccc(CNC(C(=O)NC(c2ccccc2)(c2ccccc2)c2ccccc2)C(C)(C)C)cc1. The van der Waals surface area contributed by atoms with Crippen LogP contribution in [0.25, 0.3) is 0 Å². The maximum Gasteiger partial charge on any atom is 0.238 e. The summed E-state index contributed by atoms with van der Waals surface area (Å²) in [5, 5.41) is 7.06. The van der Waals surface area contributed by atoms with Crippen molar-refractivity contribution in [2.45, 2.75) is 38.9 Å². The molecular formula is C33H36N2O2. The van der Waals surface area contributed by atoms with Crippen LogP contribution in [0, 0.1) is 5.41 Å². The minimum atomic E-state index is -0.855. The first-order valence-electron chi connectivity index (χ1n) is 12.7. The van der Waals surface area contributed by atoms with Crippen LogP contribution < -0.4 is 15.4 Å². The molecule has 0 aliphatic heterocycles. The van der Waals surface area contributed by atoms with Crippen LogP contribution in [0.4, 0.5) is 0 Å². The third-order valence-electron chi connectivity index (χ3n) is 6.73. The maximum absolute atomic E-state index is 14.3. The fraction of sp³-hybridized carbons (Fsp3) is 0.242. The van der Waals surface area contributed by atoms with Gasteiger partial charge in [-0.2, -0.15) is 0 Å². The Morgan fingerprint density at radius 1 is 0.703 bits per heavy atom. The van der Waals surface area contributed by atoms with Crippen molar-refractivity contribution in [1.29, 1.82) is 0 Å². The Bertz CT molecular complexity index is 1170. The van der Waals surface area contributed by atoms with Crippen LogP contribution in [0.2, 0.25) is 0 Å². The summed E-state index contributed by atoms with van der Waals surface area (Å²) < 4.78 is 5.28. The molecular weight excluding hydrogens is 456 g/mol. The van der Waals surface area contributed by atoms with Gasteiger partial charge in [0.1, 0.15) is 11.3 Å². The van der Waals surface area contributed by atoms with Crippen molar-refractivity contribution >= 4 is 5.91 Å². The predicted molar refractivity (Wildman–Crippen MR) is 150 cm³/mol. The van der Waals surface area contributed by atoms with Gasteiger partial charge in [-0.05, 0) is 39.8 Å². The number of methoxy groups -OCH3 is 1. The van der Waals surface area contributed by atoms with Crippen molar-refractivity contribution < 1.29 is 9.53 Å². The van der Waals surface area contributed by atoms with E-state index in [2.05, 4.69) is 67.8 Å². The molecule has 4 aromatic rings. The van der Waals surface area contributed by atoms with Crippen LogP contribution in [0.5, 0.6) is 5.75 Å². The summed E-state index contributed by atoms with van der Waals surface area (Å²) in [7, 11) is 1.66. The molecule has 1 unspecified atom stereocenters. The molecule has 37 heavy (non-hydrogen) atoms. The van der Waals surface area contributed by atoms with Crippen molar-refractivity contribution in [3.63, 3.8) is 0 Å². The molecule has 190 valence electrons. The molecule has 2 N–H and O–H groups in total. The second kappa shape index (κ2) is 11.4. The predicted octanol–water partition coefficient (Wildman–Crippen LogP) is 6.31. The van der Waals surface area contributed by atoms with E-state index in [0.717, 1.165) is 28.0 Å². The fourth-order valence-corrected chi connectivity index (χ4v) is 4.79. The van der Waals surface area contributed by atoms with Crippen molar-refractivity contribution in [2.24, 2.45) is 5.41 Å². The number of amides is 1. The molecule has 4 rings (SSSR count). The zero-order valence-electron chi connectivity index (χ0n) is 22.1. The van der Waals surface area contributed by atoms with E-state index in [-0.39, 0.29) is 11.3 Å². The van der Waals surface area contributed by atoms with E-state index >= 15 is 0 Å². The zero-order chi connectivity index (χ0) is 26.3. The van der Waals surface area contributed by atoms with E-state index in [1.54, 1.807) is 7.11 Å². The molecule has 0 heterocycles. The second-order valence-electron chi connectivity index (χ2n) is 10.4. The minimum Gasteiger partial charge on any atom is -0.497 e. The lowest BCUT2D eigenvalue weighted by Crippen LogP contribution is -2.57. The van der Waals surface area contributed by atoms with Gasteiger partial charge in [0.15, 0.2) is 0 Å². The summed E-state index contributed by atoms with van der Waals surface area (Å²) in [5.41, 5.74) is 2.91. The summed E-state index contributed by atoms with van der Waals surface area (Å²) in [5.74, 6) is 0.754. The van der Waals surface area contributed by atoms with E-state index in [1.807, 2.05) is 78.9 Å². The quantitative estimate of drug-likeness (QED) is 0.269. The monoisotopic (exact) mass is 492 g/mol. The number of rotatable bonds is 9. The first kappa shape index (κ1) is 26.2. The topological polar surface area (TPSA) is 50.4 Å². The molecule has 0 fully saturated rings. The Kier molecular flexibility index (Phi) is 8.10. The number of carbonyl (C=O) groups is 1. The number of carbonyl (C=O) groups excluding carboxylic acids is 1. The smallest absolute Gasteiger partial charge is 0.238 e. The Morgan fingerprint density at radius 3 is 1.51 bits per heavy atom. The van der Waals surface area contributed by atoms with Crippen molar-refractivity contribution in [2.75, 3.05) is 7.11 Å². The highest BCUT2D eigenvalue weighted by Crippen LogP contribution is 2.37. The molecule has 0 aliphatic carbocycles. The standard InChI is InChI=1S/C33H36N2O2/c1-32(2,3)30(34-24-25-20-22-29(37-4)23-21-25)31(36)35-33(26-14-8-5-9-15-26,27-16-10-6-11-17-27)28-18-12-7-13-19-28/h5-23,30,34H,24H2,1-4H3,(H,35,36). The van der Waals surface area contributed by atoms with Crippen molar-refractivity contribution in [3.05, 3.63) is 138 Å². The van der Waals surface area contributed by atoms with Crippen LogP contribution in [0.1, 0.15) is 43.0 Å². The molecule has 1 amide bonds. The first-order chi connectivity index (χ1) is 17.8. The fourth-order valence-electron chi connectivity index (χ4n) is 4.79. The lowest BCUT2D eigenvalue weighted by Gasteiger charge is -2.40. The minimum absolute atomic E-state index is 0.0578. The van der Waals surface area contributed by atoms with Gasteiger partial charge < -0.3 is 15.4 Å². The molecule has 4 nitrogen and oxygen atoms in total. The molecule has 4 aromatic carbocycles. The summed E-state index contributed by atoms with van der Waals surface area (Å²) in [6.45, 7) is 6.84. The van der Waals surface area contributed by atoms with Crippen molar-refractivity contribution in [1.82, 2.24) is 10.6 Å². The van der Waals surface area contributed by atoms with E-state index in [4.69, 9.17) is 4.74 Å². The average Bonchev–Trinajstić information content (AvgIpc) is 2.93. The van der Waals surface area contributed by atoms with Gasteiger partial charge in [-0.3, -0.25) is 4.79 Å². The van der Waals surface area contributed by atoms with Crippen LogP contribution in [-0.4, -0.2) is 19.1 Å². The summed E-state index contributed by atoms with van der Waals surface area (Å²) in [4.78, 5) is 14.3. The Balaban J connectivity index is 1.75. The van der Waals surface area contributed by atoms with Gasteiger partial charge in [-0.15, -0.1) is 0 Å². The molecule has 4 heteroatoms. The van der Waals surface area contributed by atoms with Gasteiger partial charge in [-0.25, -0.2) is 0 Å². The molecule has 0 bridgehead atoms. The van der Waals surface area contributed by atoms with Gasteiger partial charge in [0.2, 0.25) is 5.91 Å². The highest BCUT2D eigenvalue weighted by Gasteiger charge is 2.41. The van der Waals surface area contributed by atoms with E-state index in [1.165, 1.54) is 0 Å². The zero-order valence-corrected chi connectivity index (χ0v) is 22.1. The molecule has 1 atom stereocenters. The van der Waals surface area contributed by atoms with E-state index < -0.39 is 11.6 Å². The van der Waals surface area contributed by atoms with E-state index in [9.17, 15) is 4.79 Å². The molecule has 0 aliphatic rings. The van der Waals surface area contributed by atoms with E-state index in [0.29, 0.717) is 6.54 Å². The highest BCUT2D eigenvalue weighted by atomic mass is 16.5. The third kappa shape index (κ3) is 5.92. The Hall–Kier alpha value is -3.89. The lowest BCUT2D eigenvalue weighted by molar-refractivity contribution is -0.127. The average molecular weight is 493 g/mol. The number of nitrogens with one attached hydrogen (secondary N) is 2. The summed E-state index contributed by atoms with van der Waals surface area (Å²) >= 11 is 0. The Labute approximate surface area is 220 Å².